The molecular formula is C17H14F2N4OS. The highest BCUT2D eigenvalue weighted by Gasteiger charge is 2.07. The quantitative estimate of drug-likeness (QED) is 0.514. The molecule has 0 unspecified atom stereocenters. The van der Waals surface area contributed by atoms with E-state index in [1.165, 1.54) is 35.8 Å². The highest BCUT2D eigenvalue weighted by atomic mass is 32.1. The number of halogens is 2. The molecule has 3 rings (SSSR count). The van der Waals surface area contributed by atoms with Crippen molar-refractivity contribution in [3.63, 3.8) is 0 Å². The minimum Gasteiger partial charge on any atom is -0.486 e. The molecule has 0 bridgehead atoms. The summed E-state index contributed by atoms with van der Waals surface area (Å²) in [7, 11) is 0. The van der Waals surface area contributed by atoms with Crippen molar-refractivity contribution in [3.05, 3.63) is 70.6 Å². The maximum Gasteiger partial charge on any atom is 0.205 e. The number of nitrogens with one attached hydrogen (secondary N) is 1. The van der Waals surface area contributed by atoms with E-state index >= 15 is 0 Å². The van der Waals surface area contributed by atoms with Crippen LogP contribution in [0.5, 0.6) is 5.75 Å². The maximum absolute atomic E-state index is 14.1. The lowest BCUT2D eigenvalue weighted by molar-refractivity contribution is 0.285. The van der Waals surface area contributed by atoms with E-state index in [2.05, 4.69) is 15.5 Å². The smallest absolute Gasteiger partial charge is 0.205 e. The van der Waals surface area contributed by atoms with Crippen LogP contribution < -0.4 is 15.9 Å². The number of hydrogen-bond acceptors (Lipinski definition) is 6. The molecule has 3 N–H and O–H groups in total. The van der Waals surface area contributed by atoms with Crippen LogP contribution in [0.25, 0.3) is 0 Å². The molecule has 0 aliphatic rings. The lowest BCUT2D eigenvalue weighted by atomic mass is 10.2. The van der Waals surface area contributed by atoms with Gasteiger partial charge in [-0.3, -0.25) is 5.43 Å². The van der Waals surface area contributed by atoms with E-state index in [4.69, 9.17) is 10.5 Å². The highest BCUT2D eigenvalue weighted by molar-refractivity contribution is 7.14. The van der Waals surface area contributed by atoms with Crippen LogP contribution in [0, 0.1) is 11.6 Å². The summed E-state index contributed by atoms with van der Waals surface area (Å²) in [6.45, 7) is -0.0515. The topological polar surface area (TPSA) is 72.5 Å². The fourth-order valence-electron chi connectivity index (χ4n) is 1.98. The Bertz CT molecular complexity index is 898. The minimum atomic E-state index is -0.557. The van der Waals surface area contributed by atoms with Gasteiger partial charge in [-0.25, -0.2) is 13.8 Å². The van der Waals surface area contributed by atoms with Crippen LogP contribution >= 0.6 is 11.3 Å². The molecule has 2 aromatic carbocycles. The summed E-state index contributed by atoms with van der Waals surface area (Å²) in [5.41, 5.74) is 9.10. The third-order valence-electron chi connectivity index (χ3n) is 3.19. The van der Waals surface area contributed by atoms with Crippen molar-refractivity contribution in [3.8, 4) is 5.75 Å². The normalized spacial score (nSPS) is 11.0. The van der Waals surface area contributed by atoms with Gasteiger partial charge in [0.15, 0.2) is 11.6 Å². The minimum absolute atomic E-state index is 0.0426. The molecule has 0 saturated heterocycles. The number of benzene rings is 2. The van der Waals surface area contributed by atoms with Crippen LogP contribution in [-0.2, 0) is 6.61 Å². The lowest BCUT2D eigenvalue weighted by Crippen LogP contribution is -2.00. The van der Waals surface area contributed by atoms with Gasteiger partial charge in [0.1, 0.15) is 18.2 Å². The van der Waals surface area contributed by atoms with Gasteiger partial charge >= 0.3 is 0 Å². The van der Waals surface area contributed by atoms with Gasteiger partial charge in [0.2, 0.25) is 5.13 Å². The van der Waals surface area contributed by atoms with Crippen molar-refractivity contribution >= 4 is 28.5 Å². The molecule has 1 aromatic heterocycles. The Hall–Kier alpha value is -3.00. The Labute approximate surface area is 146 Å². The first kappa shape index (κ1) is 16.8. The number of hydrazone groups is 1. The molecule has 128 valence electrons. The predicted molar refractivity (Wildman–Crippen MR) is 94.9 cm³/mol. The fraction of sp³-hybridized carbons (Fsp3) is 0.0588. The summed E-state index contributed by atoms with van der Waals surface area (Å²) in [6, 6.07) is 10.6. The van der Waals surface area contributed by atoms with Crippen molar-refractivity contribution in [1.29, 1.82) is 0 Å². The standard InChI is InChI=1S/C17H14F2N4OS/c18-13-4-2-1-3-12(13)9-24-15-6-5-11(7-14(15)19)8-21-23-17-22-16(20)10-25-17/h1-8,10H,9,20H2,(H,22,23). The van der Waals surface area contributed by atoms with Gasteiger partial charge in [-0.15, -0.1) is 11.3 Å². The van der Waals surface area contributed by atoms with Crippen LogP contribution in [-0.4, -0.2) is 11.2 Å². The first-order valence-corrected chi connectivity index (χ1v) is 8.15. The number of rotatable bonds is 6. The van der Waals surface area contributed by atoms with E-state index in [0.29, 0.717) is 22.1 Å². The number of ether oxygens (including phenoxy) is 1. The average molecular weight is 360 g/mol. The SMILES string of the molecule is Nc1csc(NN=Cc2ccc(OCc3ccccc3F)c(F)c2)n1. The third kappa shape index (κ3) is 4.51. The molecule has 0 saturated carbocycles. The monoisotopic (exact) mass is 360 g/mol. The Kier molecular flexibility index (Phi) is 5.20. The Morgan fingerprint density at radius 1 is 1.20 bits per heavy atom. The summed E-state index contributed by atoms with van der Waals surface area (Å²) in [5.74, 6) is -0.495. The zero-order valence-corrected chi connectivity index (χ0v) is 13.8. The van der Waals surface area contributed by atoms with Crippen molar-refractivity contribution in [2.45, 2.75) is 6.61 Å². The highest BCUT2D eigenvalue weighted by Crippen LogP contribution is 2.20. The maximum atomic E-state index is 14.1. The van der Waals surface area contributed by atoms with Gasteiger partial charge in [0.05, 0.1) is 6.21 Å². The number of nitrogen functional groups attached to an aromatic ring is 1. The van der Waals surface area contributed by atoms with Crippen molar-refractivity contribution in [2.24, 2.45) is 5.10 Å². The van der Waals surface area contributed by atoms with E-state index < -0.39 is 5.82 Å². The first-order chi connectivity index (χ1) is 12.1. The lowest BCUT2D eigenvalue weighted by Gasteiger charge is -2.08. The first-order valence-electron chi connectivity index (χ1n) is 7.27. The summed E-state index contributed by atoms with van der Waals surface area (Å²) >= 11 is 1.31. The molecular weight excluding hydrogens is 346 g/mol. The summed E-state index contributed by atoms with van der Waals surface area (Å²) in [5, 5.41) is 6.18. The summed E-state index contributed by atoms with van der Waals surface area (Å²) in [4.78, 5) is 3.98. The second-order valence-corrected chi connectivity index (χ2v) is 5.88. The van der Waals surface area contributed by atoms with E-state index in [9.17, 15) is 8.78 Å². The van der Waals surface area contributed by atoms with Gasteiger partial charge in [-0.2, -0.15) is 5.10 Å². The average Bonchev–Trinajstić information content (AvgIpc) is 3.01. The molecule has 3 aromatic rings. The number of anilines is 2. The second kappa shape index (κ2) is 7.71. The largest absolute Gasteiger partial charge is 0.486 e. The number of nitrogens with zero attached hydrogens (tertiary/aromatic N) is 2. The van der Waals surface area contributed by atoms with Crippen LogP contribution in [0.2, 0.25) is 0 Å². The van der Waals surface area contributed by atoms with Gasteiger partial charge in [0.25, 0.3) is 0 Å². The van der Waals surface area contributed by atoms with Crippen molar-refractivity contribution < 1.29 is 13.5 Å². The third-order valence-corrected chi connectivity index (χ3v) is 3.96. The van der Waals surface area contributed by atoms with Crippen LogP contribution in [0.4, 0.5) is 19.7 Å². The molecule has 0 spiro atoms. The predicted octanol–water partition coefficient (Wildman–Crippen LogP) is 4.03. The summed E-state index contributed by atoms with van der Waals surface area (Å²) in [6.07, 6.45) is 1.45. The van der Waals surface area contributed by atoms with Gasteiger partial charge in [0, 0.05) is 10.9 Å². The second-order valence-electron chi connectivity index (χ2n) is 5.02. The molecule has 0 amide bonds. The number of nitrogens with two attached hydrogens (primary N) is 1. The molecule has 0 atom stereocenters. The molecule has 25 heavy (non-hydrogen) atoms. The van der Waals surface area contributed by atoms with Gasteiger partial charge in [-0.05, 0) is 29.8 Å². The zero-order valence-electron chi connectivity index (χ0n) is 12.9. The van der Waals surface area contributed by atoms with E-state index in [0.717, 1.165) is 0 Å². The fourth-order valence-corrected chi connectivity index (χ4v) is 2.53. The molecule has 8 heteroatoms. The molecule has 5 nitrogen and oxygen atoms in total. The molecule has 0 radical (unpaired) electrons. The number of thiazole rings is 1. The van der Waals surface area contributed by atoms with Crippen LogP contribution in [0.1, 0.15) is 11.1 Å². The van der Waals surface area contributed by atoms with E-state index in [1.807, 2.05) is 0 Å². The molecule has 1 heterocycles. The molecule has 0 fully saturated rings. The molecule has 0 aliphatic carbocycles. The van der Waals surface area contributed by atoms with E-state index in [1.54, 1.807) is 29.6 Å². The van der Waals surface area contributed by atoms with Crippen molar-refractivity contribution in [1.82, 2.24) is 4.98 Å². The van der Waals surface area contributed by atoms with Crippen LogP contribution in [0.15, 0.2) is 52.9 Å². The van der Waals surface area contributed by atoms with Gasteiger partial charge in [-0.1, -0.05) is 18.2 Å². The Balaban J connectivity index is 1.61. The summed E-state index contributed by atoms with van der Waals surface area (Å²) < 4.78 is 32.9. The number of aromatic nitrogens is 1. The zero-order chi connectivity index (χ0) is 17.6. The Morgan fingerprint density at radius 2 is 2.04 bits per heavy atom. The van der Waals surface area contributed by atoms with Crippen LogP contribution in [0.3, 0.4) is 0 Å². The Morgan fingerprint density at radius 3 is 2.76 bits per heavy atom. The van der Waals surface area contributed by atoms with E-state index in [-0.39, 0.29) is 18.2 Å². The van der Waals surface area contributed by atoms with Gasteiger partial charge < -0.3 is 10.5 Å². The van der Waals surface area contributed by atoms with Crippen molar-refractivity contribution in [2.75, 3.05) is 11.2 Å². The number of hydrogen-bond donors (Lipinski definition) is 2. The molecule has 0 aliphatic heterocycles.